The van der Waals surface area contributed by atoms with E-state index in [0.717, 1.165) is 22.3 Å². The molecule has 48 heavy (non-hydrogen) atoms. The zero-order chi connectivity index (χ0) is 34.2. The normalized spacial score (nSPS) is 23.5. The second kappa shape index (κ2) is 13.2. The smallest absolute Gasteiger partial charge is 0.413 e. The SMILES string of the molecule is C[C@@H](OC(=O)Nc1c(-c2ccc(-c3ccc(C4(C(=O)OC5OC(C(=O)O)C(O)C(O)C5O)CC4)cc3)cc2)cnn1C)c1ccccc1. The van der Waals surface area contributed by atoms with Gasteiger partial charge in [-0.25, -0.2) is 9.59 Å². The minimum Gasteiger partial charge on any atom is -0.479 e. The third kappa shape index (κ3) is 6.40. The van der Waals surface area contributed by atoms with Crippen LogP contribution in [0.2, 0.25) is 0 Å². The van der Waals surface area contributed by atoms with Gasteiger partial charge < -0.3 is 34.6 Å². The minimum atomic E-state index is -1.88. The van der Waals surface area contributed by atoms with Crippen molar-refractivity contribution >= 4 is 23.8 Å². The molecule has 0 radical (unpaired) electrons. The lowest BCUT2D eigenvalue weighted by molar-refractivity contribution is -0.287. The molecule has 2 fully saturated rings. The Labute approximate surface area is 275 Å². The van der Waals surface area contributed by atoms with Gasteiger partial charge in [-0.05, 0) is 47.6 Å². The fourth-order valence-corrected chi connectivity index (χ4v) is 5.80. The van der Waals surface area contributed by atoms with E-state index in [1.165, 1.54) is 0 Å². The van der Waals surface area contributed by atoms with Gasteiger partial charge in [-0.3, -0.25) is 14.8 Å². The molecule has 1 aliphatic heterocycles. The van der Waals surface area contributed by atoms with Gasteiger partial charge >= 0.3 is 18.0 Å². The van der Waals surface area contributed by atoms with E-state index >= 15 is 0 Å². The summed E-state index contributed by atoms with van der Waals surface area (Å²) in [5, 5.41) is 46.6. The molecule has 0 spiro atoms. The standard InChI is InChI=1S/C35H35N3O10/c1-19(20-6-4-3-5-7-20)46-34(45)37-30-25(18-36-38(30)2)23-10-8-21(9-11-23)22-12-14-24(15-13-22)35(16-17-35)33(44)48-32-28(41)26(39)27(40)29(47-32)31(42)43/h3-15,18-19,26-29,32,39-41H,16-17H2,1-2H3,(H,37,45)(H,42,43)/t19-,26?,27?,28?,29?,32?/m1/s1. The molecule has 6 rings (SSSR count). The van der Waals surface area contributed by atoms with Crippen LogP contribution in [0.25, 0.3) is 22.3 Å². The van der Waals surface area contributed by atoms with Crippen molar-refractivity contribution in [1.82, 2.24) is 9.78 Å². The number of nitrogens with zero attached hydrogens (tertiary/aromatic N) is 2. The molecule has 1 amide bonds. The van der Waals surface area contributed by atoms with Gasteiger partial charge in [0.1, 0.15) is 30.2 Å². The first-order valence-corrected chi connectivity index (χ1v) is 15.4. The predicted molar refractivity (Wildman–Crippen MR) is 170 cm³/mol. The number of aliphatic hydroxyl groups excluding tert-OH is 3. The first kappa shape index (κ1) is 32.8. The van der Waals surface area contributed by atoms with E-state index in [4.69, 9.17) is 14.2 Å². The fourth-order valence-electron chi connectivity index (χ4n) is 5.80. The highest BCUT2D eigenvalue weighted by molar-refractivity contribution is 5.90. The fraction of sp³-hybridized carbons (Fsp3) is 0.314. The summed E-state index contributed by atoms with van der Waals surface area (Å²) in [6.07, 6.45) is -7.65. The summed E-state index contributed by atoms with van der Waals surface area (Å²) in [6.45, 7) is 1.80. The Morgan fingerprint density at radius 3 is 2.10 bits per heavy atom. The monoisotopic (exact) mass is 657 g/mol. The number of ether oxygens (including phenoxy) is 3. The number of benzene rings is 3. The zero-order valence-electron chi connectivity index (χ0n) is 26.1. The van der Waals surface area contributed by atoms with Crippen molar-refractivity contribution in [2.45, 2.75) is 62.0 Å². The van der Waals surface area contributed by atoms with Crippen LogP contribution in [-0.4, -0.2) is 78.9 Å². The molecule has 1 aliphatic carbocycles. The molecule has 2 aliphatic rings. The topological polar surface area (TPSA) is 190 Å². The summed E-state index contributed by atoms with van der Waals surface area (Å²) in [6, 6.07) is 24.5. The quantitative estimate of drug-likeness (QED) is 0.166. The van der Waals surface area contributed by atoms with E-state index in [2.05, 4.69) is 10.4 Å². The van der Waals surface area contributed by atoms with Crippen LogP contribution in [-0.2, 0) is 36.3 Å². The number of rotatable bonds is 9. The Bertz CT molecular complexity index is 1790. The van der Waals surface area contributed by atoms with Crippen molar-refractivity contribution in [3.63, 3.8) is 0 Å². The molecule has 0 bridgehead atoms. The molecule has 13 heteroatoms. The van der Waals surface area contributed by atoms with Crippen LogP contribution >= 0.6 is 0 Å². The van der Waals surface area contributed by atoms with Crippen molar-refractivity contribution in [2.24, 2.45) is 7.05 Å². The van der Waals surface area contributed by atoms with Crippen LogP contribution in [0.4, 0.5) is 10.6 Å². The van der Waals surface area contributed by atoms with E-state index in [-0.39, 0.29) is 0 Å². The number of carbonyl (C=O) groups is 3. The van der Waals surface area contributed by atoms with E-state index in [1.807, 2.05) is 66.7 Å². The highest BCUT2D eigenvalue weighted by Crippen LogP contribution is 2.50. The summed E-state index contributed by atoms with van der Waals surface area (Å²) in [5.41, 5.74) is 3.86. The molecule has 1 saturated carbocycles. The summed E-state index contributed by atoms with van der Waals surface area (Å²) in [4.78, 5) is 37.3. The van der Waals surface area contributed by atoms with Gasteiger partial charge in [-0.15, -0.1) is 0 Å². The van der Waals surface area contributed by atoms with Crippen molar-refractivity contribution in [3.8, 4) is 22.3 Å². The van der Waals surface area contributed by atoms with Gasteiger partial charge in [0, 0.05) is 12.6 Å². The number of nitrogens with one attached hydrogen (secondary N) is 1. The van der Waals surface area contributed by atoms with Crippen molar-refractivity contribution in [1.29, 1.82) is 0 Å². The van der Waals surface area contributed by atoms with Gasteiger partial charge in [0.05, 0.1) is 11.6 Å². The van der Waals surface area contributed by atoms with Crippen molar-refractivity contribution in [3.05, 3.63) is 96.2 Å². The summed E-state index contributed by atoms with van der Waals surface area (Å²) < 4.78 is 17.6. The number of aliphatic carboxylic acids is 1. The average molecular weight is 658 g/mol. The average Bonchev–Trinajstić information content (AvgIpc) is 3.83. The number of carbonyl (C=O) groups excluding carboxylic acids is 2. The van der Waals surface area contributed by atoms with Crippen LogP contribution in [0.15, 0.2) is 85.1 Å². The molecular formula is C35H35N3O10. The van der Waals surface area contributed by atoms with Gasteiger partial charge in [-0.1, -0.05) is 78.9 Å². The van der Waals surface area contributed by atoms with Gasteiger partial charge in [0.25, 0.3) is 0 Å². The number of hydrogen-bond donors (Lipinski definition) is 5. The molecule has 1 aromatic heterocycles. The van der Waals surface area contributed by atoms with Crippen LogP contribution in [0.5, 0.6) is 0 Å². The number of aromatic nitrogens is 2. The van der Waals surface area contributed by atoms with E-state index in [9.17, 15) is 34.8 Å². The molecule has 1 saturated heterocycles. The third-order valence-electron chi connectivity index (χ3n) is 8.86. The van der Waals surface area contributed by atoms with Crippen LogP contribution in [0.1, 0.15) is 37.0 Å². The minimum absolute atomic E-state index is 0.441. The Morgan fingerprint density at radius 1 is 0.896 bits per heavy atom. The lowest BCUT2D eigenvalue weighted by Gasteiger charge is -2.38. The number of carboxylic acid groups (broad SMARTS) is 1. The number of aryl methyl sites for hydroxylation is 1. The van der Waals surface area contributed by atoms with E-state index in [1.54, 1.807) is 37.0 Å². The Balaban J connectivity index is 1.11. The maximum Gasteiger partial charge on any atom is 0.413 e. The molecule has 5 N–H and O–H groups in total. The number of anilines is 1. The molecule has 3 aromatic carbocycles. The van der Waals surface area contributed by atoms with E-state index < -0.39 is 60.3 Å². The van der Waals surface area contributed by atoms with Crippen molar-refractivity contribution in [2.75, 3.05) is 5.32 Å². The first-order valence-electron chi connectivity index (χ1n) is 15.4. The lowest BCUT2D eigenvalue weighted by Crippen LogP contribution is -2.60. The molecule has 13 nitrogen and oxygen atoms in total. The highest BCUT2D eigenvalue weighted by atomic mass is 16.7. The highest BCUT2D eigenvalue weighted by Gasteiger charge is 2.56. The Kier molecular flexibility index (Phi) is 9.03. The van der Waals surface area contributed by atoms with Crippen LogP contribution in [0, 0.1) is 0 Å². The van der Waals surface area contributed by atoms with E-state index in [0.29, 0.717) is 29.8 Å². The maximum atomic E-state index is 13.2. The summed E-state index contributed by atoms with van der Waals surface area (Å²) in [7, 11) is 1.73. The molecule has 250 valence electrons. The molecule has 2 heterocycles. The van der Waals surface area contributed by atoms with Gasteiger partial charge in [0.2, 0.25) is 6.29 Å². The summed E-state index contributed by atoms with van der Waals surface area (Å²) >= 11 is 0. The number of aliphatic hydroxyl groups is 3. The Hall–Kier alpha value is -5.08. The van der Waals surface area contributed by atoms with Gasteiger partial charge in [0.15, 0.2) is 6.10 Å². The summed E-state index contributed by atoms with van der Waals surface area (Å²) in [5.74, 6) is -1.81. The lowest BCUT2D eigenvalue weighted by atomic mass is 9.93. The molecular weight excluding hydrogens is 622 g/mol. The second-order valence-electron chi connectivity index (χ2n) is 12.0. The predicted octanol–water partition coefficient (Wildman–Crippen LogP) is 3.53. The van der Waals surface area contributed by atoms with Crippen LogP contribution < -0.4 is 5.32 Å². The Morgan fingerprint density at radius 2 is 1.50 bits per heavy atom. The third-order valence-corrected chi connectivity index (χ3v) is 8.86. The molecule has 5 unspecified atom stereocenters. The number of esters is 1. The number of carboxylic acids is 1. The zero-order valence-corrected chi connectivity index (χ0v) is 26.1. The largest absolute Gasteiger partial charge is 0.479 e. The number of hydrogen-bond acceptors (Lipinski definition) is 10. The molecule has 4 aromatic rings. The molecule has 6 atom stereocenters. The van der Waals surface area contributed by atoms with Crippen LogP contribution in [0.3, 0.4) is 0 Å². The van der Waals surface area contributed by atoms with Gasteiger partial charge in [-0.2, -0.15) is 5.10 Å². The number of amides is 1. The first-order chi connectivity index (χ1) is 23.0. The maximum absolute atomic E-state index is 13.2. The second-order valence-corrected chi connectivity index (χ2v) is 12.0. The van der Waals surface area contributed by atoms with Crippen molar-refractivity contribution < 1.29 is 49.0 Å².